The molecule has 0 amide bonds. The number of phenols is 2. The molecule has 10 heteroatoms. The first-order valence-corrected chi connectivity index (χ1v) is 12.2. The summed E-state index contributed by atoms with van der Waals surface area (Å²) in [4.78, 5) is 31.2. The van der Waals surface area contributed by atoms with E-state index < -0.39 is 17.9 Å². The molecule has 2 unspecified atom stereocenters. The maximum Gasteiger partial charge on any atom is 0.200 e. The van der Waals surface area contributed by atoms with Gasteiger partial charge < -0.3 is 31.1 Å². The van der Waals surface area contributed by atoms with Crippen molar-refractivity contribution in [3.63, 3.8) is 0 Å². The third-order valence-corrected chi connectivity index (χ3v) is 7.14. The van der Waals surface area contributed by atoms with E-state index in [4.69, 9.17) is 0 Å². The standard InChI is InChI=1S/C26H34N4O6/c1-14(29(2)3)28-16-8-7-15(27-11-13-30-12-5-4-6-17(30)26(35)36)20-21(16)25(34)23-19(32)10-9-18(31)22(23)24(20)33/h7-10,14,17,26-28,31-32,35-36H,4-6,11-13H2,1-3H3. The van der Waals surface area contributed by atoms with E-state index in [0.717, 1.165) is 19.4 Å². The number of nitrogens with one attached hydrogen (secondary N) is 2. The molecule has 10 nitrogen and oxygen atoms in total. The van der Waals surface area contributed by atoms with Crippen molar-refractivity contribution in [2.45, 2.75) is 44.7 Å². The molecule has 36 heavy (non-hydrogen) atoms. The quantitative estimate of drug-likeness (QED) is 0.201. The van der Waals surface area contributed by atoms with Crippen molar-refractivity contribution in [1.29, 1.82) is 0 Å². The van der Waals surface area contributed by atoms with Crippen molar-refractivity contribution in [1.82, 2.24) is 9.80 Å². The lowest BCUT2D eigenvalue weighted by atomic mass is 9.81. The van der Waals surface area contributed by atoms with Gasteiger partial charge in [0.25, 0.3) is 0 Å². The third-order valence-electron chi connectivity index (χ3n) is 7.14. The van der Waals surface area contributed by atoms with Crippen LogP contribution in [0.15, 0.2) is 24.3 Å². The number of carbonyl (C=O) groups is 2. The van der Waals surface area contributed by atoms with Crippen LogP contribution in [-0.4, -0.2) is 94.0 Å². The van der Waals surface area contributed by atoms with Crippen LogP contribution in [0.2, 0.25) is 0 Å². The van der Waals surface area contributed by atoms with E-state index in [-0.39, 0.29) is 46.0 Å². The number of nitrogens with zero attached hydrogens (tertiary/aromatic N) is 2. The fourth-order valence-electron chi connectivity index (χ4n) is 4.95. The first kappa shape index (κ1) is 25.9. The number of anilines is 2. The second-order valence-electron chi connectivity index (χ2n) is 9.65. The number of benzene rings is 2. The highest BCUT2D eigenvalue weighted by Crippen LogP contribution is 2.42. The molecule has 1 heterocycles. The Bertz CT molecular complexity index is 1170. The maximum atomic E-state index is 13.6. The van der Waals surface area contributed by atoms with Gasteiger partial charge in [0.05, 0.1) is 34.5 Å². The predicted octanol–water partition coefficient (Wildman–Crippen LogP) is 1.77. The summed E-state index contributed by atoms with van der Waals surface area (Å²) in [5, 5.41) is 46.8. The van der Waals surface area contributed by atoms with Gasteiger partial charge in [-0.3, -0.25) is 19.4 Å². The summed E-state index contributed by atoms with van der Waals surface area (Å²) in [6.45, 7) is 3.57. The number of likely N-dealkylation sites (tertiary alicyclic amines) is 1. The predicted molar refractivity (Wildman–Crippen MR) is 136 cm³/mol. The van der Waals surface area contributed by atoms with Gasteiger partial charge in [-0.15, -0.1) is 0 Å². The molecule has 0 saturated carbocycles. The van der Waals surface area contributed by atoms with Crippen LogP contribution in [0.4, 0.5) is 11.4 Å². The van der Waals surface area contributed by atoms with Gasteiger partial charge in [0.15, 0.2) is 6.29 Å². The SMILES string of the molecule is CC(Nc1ccc(NCCN2CCCCC2C(O)O)c2c1C(=O)c1c(O)ccc(O)c1C2=O)N(C)C. The zero-order chi connectivity index (χ0) is 26.1. The molecule has 2 aromatic rings. The minimum atomic E-state index is -1.42. The highest BCUT2D eigenvalue weighted by Gasteiger charge is 2.38. The van der Waals surface area contributed by atoms with E-state index in [2.05, 4.69) is 10.6 Å². The van der Waals surface area contributed by atoms with E-state index in [1.165, 1.54) is 12.1 Å². The van der Waals surface area contributed by atoms with Crippen molar-refractivity contribution >= 4 is 22.9 Å². The Balaban J connectivity index is 1.70. The van der Waals surface area contributed by atoms with Gasteiger partial charge >= 0.3 is 0 Å². The summed E-state index contributed by atoms with van der Waals surface area (Å²) >= 11 is 0. The fourth-order valence-corrected chi connectivity index (χ4v) is 4.95. The Hall–Kier alpha value is -3.18. The second kappa shape index (κ2) is 10.4. The number of aromatic hydroxyl groups is 2. The van der Waals surface area contributed by atoms with Crippen molar-refractivity contribution in [3.05, 3.63) is 46.5 Å². The third kappa shape index (κ3) is 4.77. The number of carbonyl (C=O) groups excluding carboxylic acids is 2. The lowest BCUT2D eigenvalue weighted by Gasteiger charge is -2.36. The number of fused-ring (bicyclic) bond motifs is 2. The van der Waals surface area contributed by atoms with Gasteiger partial charge in [0.1, 0.15) is 11.5 Å². The van der Waals surface area contributed by atoms with Gasteiger partial charge in [-0.25, -0.2) is 0 Å². The molecule has 0 spiro atoms. The highest BCUT2D eigenvalue weighted by atomic mass is 16.5. The molecule has 2 aromatic carbocycles. The van der Waals surface area contributed by atoms with E-state index in [1.807, 2.05) is 30.8 Å². The first-order chi connectivity index (χ1) is 17.1. The number of hydrogen-bond donors (Lipinski definition) is 6. The molecule has 1 aliphatic heterocycles. The number of rotatable bonds is 8. The molecule has 1 fully saturated rings. The second-order valence-corrected chi connectivity index (χ2v) is 9.65. The number of piperidine rings is 1. The van der Waals surface area contributed by atoms with Crippen LogP contribution >= 0.6 is 0 Å². The number of phenolic OH excluding ortho intramolecular Hbond substituents is 2. The molecule has 4 rings (SSSR count). The van der Waals surface area contributed by atoms with E-state index in [9.17, 15) is 30.0 Å². The molecule has 1 aliphatic carbocycles. The zero-order valence-electron chi connectivity index (χ0n) is 20.8. The van der Waals surface area contributed by atoms with Gasteiger partial charge in [0.2, 0.25) is 11.6 Å². The van der Waals surface area contributed by atoms with Crippen LogP contribution in [0, 0.1) is 0 Å². The van der Waals surface area contributed by atoms with Crippen molar-refractivity contribution in [2.24, 2.45) is 0 Å². The largest absolute Gasteiger partial charge is 0.507 e. The summed E-state index contributed by atoms with van der Waals surface area (Å²) in [7, 11) is 3.76. The molecule has 6 N–H and O–H groups in total. The number of aliphatic hydroxyl groups excluding tert-OH is 1. The summed E-state index contributed by atoms with van der Waals surface area (Å²) in [6.07, 6.45) is 1.02. The van der Waals surface area contributed by atoms with Crippen LogP contribution in [0.1, 0.15) is 58.0 Å². The van der Waals surface area contributed by atoms with Crippen LogP contribution < -0.4 is 10.6 Å². The molecule has 2 atom stereocenters. The monoisotopic (exact) mass is 498 g/mol. The molecule has 0 radical (unpaired) electrons. The molecule has 0 aromatic heterocycles. The lowest BCUT2D eigenvalue weighted by molar-refractivity contribution is -0.109. The Morgan fingerprint density at radius 3 is 2.11 bits per heavy atom. The molecule has 0 bridgehead atoms. The summed E-state index contributed by atoms with van der Waals surface area (Å²) < 4.78 is 0. The van der Waals surface area contributed by atoms with E-state index in [0.29, 0.717) is 30.9 Å². The maximum absolute atomic E-state index is 13.6. The molecular weight excluding hydrogens is 464 g/mol. The minimum Gasteiger partial charge on any atom is -0.507 e. The van der Waals surface area contributed by atoms with Gasteiger partial charge in [-0.1, -0.05) is 6.42 Å². The molecular formula is C26H34N4O6. The number of aliphatic hydroxyl groups is 2. The Kier molecular flexibility index (Phi) is 7.51. The van der Waals surface area contributed by atoms with E-state index >= 15 is 0 Å². The summed E-state index contributed by atoms with van der Waals surface area (Å²) in [6, 6.07) is 5.49. The van der Waals surface area contributed by atoms with Crippen molar-refractivity contribution in [2.75, 3.05) is 44.4 Å². The average Bonchev–Trinajstić information content (AvgIpc) is 2.84. The Labute approximate surface area is 210 Å². The van der Waals surface area contributed by atoms with Crippen molar-refractivity contribution in [3.8, 4) is 11.5 Å². The minimum absolute atomic E-state index is 0.127. The highest BCUT2D eigenvalue weighted by molar-refractivity contribution is 6.33. The summed E-state index contributed by atoms with van der Waals surface area (Å²) in [5.41, 5.74) is 0.711. The number of ketones is 2. The van der Waals surface area contributed by atoms with Crippen molar-refractivity contribution < 1.29 is 30.0 Å². The van der Waals surface area contributed by atoms with Gasteiger partial charge in [-0.2, -0.15) is 0 Å². The Morgan fingerprint density at radius 1 is 0.944 bits per heavy atom. The van der Waals surface area contributed by atoms with Crippen LogP contribution in [0.5, 0.6) is 11.5 Å². The van der Waals surface area contributed by atoms with Gasteiger partial charge in [0, 0.05) is 24.5 Å². The normalized spacial score (nSPS) is 18.8. The van der Waals surface area contributed by atoms with Crippen LogP contribution in [0.3, 0.4) is 0 Å². The lowest BCUT2D eigenvalue weighted by Crippen LogP contribution is -2.48. The zero-order valence-corrected chi connectivity index (χ0v) is 20.8. The molecule has 1 saturated heterocycles. The fraction of sp³-hybridized carbons (Fsp3) is 0.462. The summed E-state index contributed by atoms with van der Waals surface area (Å²) in [5.74, 6) is -1.84. The topological polar surface area (TPSA) is 146 Å². The van der Waals surface area contributed by atoms with Crippen LogP contribution in [0.25, 0.3) is 0 Å². The number of hydrogen-bond acceptors (Lipinski definition) is 10. The van der Waals surface area contributed by atoms with Crippen LogP contribution in [-0.2, 0) is 0 Å². The molecule has 194 valence electrons. The Morgan fingerprint density at radius 2 is 1.53 bits per heavy atom. The molecule has 2 aliphatic rings. The smallest absolute Gasteiger partial charge is 0.200 e. The first-order valence-electron chi connectivity index (χ1n) is 12.2. The average molecular weight is 499 g/mol. The van der Waals surface area contributed by atoms with E-state index in [1.54, 1.807) is 12.1 Å². The van der Waals surface area contributed by atoms with Gasteiger partial charge in [-0.05, 0) is 64.7 Å².